The predicted molar refractivity (Wildman–Crippen MR) is 67.9 cm³/mol. The summed E-state index contributed by atoms with van der Waals surface area (Å²) in [5.74, 6) is 5.85. The van der Waals surface area contributed by atoms with Gasteiger partial charge in [0.15, 0.2) is 0 Å². The van der Waals surface area contributed by atoms with Gasteiger partial charge >= 0.3 is 5.97 Å². The van der Waals surface area contributed by atoms with Crippen molar-refractivity contribution in [3.05, 3.63) is 34.9 Å². The molecule has 1 rings (SSSR count). The van der Waals surface area contributed by atoms with Crippen LogP contribution in [0.3, 0.4) is 0 Å². The maximum absolute atomic E-state index is 11.3. The first-order valence-corrected chi connectivity index (χ1v) is 5.51. The first-order chi connectivity index (χ1) is 8.19. The van der Waals surface area contributed by atoms with Crippen molar-refractivity contribution in [2.24, 2.45) is 0 Å². The number of methoxy groups -OCH3 is 1. The van der Waals surface area contributed by atoms with Crippen LogP contribution in [0.15, 0.2) is 18.2 Å². The number of carbonyl (C=O) groups is 1. The van der Waals surface area contributed by atoms with Crippen LogP contribution in [0.25, 0.3) is 0 Å². The molecule has 0 saturated heterocycles. The van der Waals surface area contributed by atoms with E-state index in [1.54, 1.807) is 12.1 Å². The molecule has 0 bridgehead atoms. The summed E-state index contributed by atoms with van der Waals surface area (Å²) in [6.45, 7) is 2.82. The zero-order valence-corrected chi connectivity index (χ0v) is 10.5. The lowest BCUT2D eigenvalue weighted by molar-refractivity contribution is 0.0600. The molecule has 17 heavy (non-hydrogen) atoms. The molecule has 0 unspecified atom stereocenters. The summed E-state index contributed by atoms with van der Waals surface area (Å²) in [6, 6.07) is 5.39. The average Bonchev–Trinajstić information content (AvgIpc) is 2.35. The van der Waals surface area contributed by atoms with Crippen molar-refractivity contribution in [3.63, 3.8) is 0 Å². The number of carbonyl (C=O) groups excluding carboxylic acids is 1. The van der Waals surface area contributed by atoms with Crippen molar-refractivity contribution >= 4 is 5.97 Å². The van der Waals surface area contributed by atoms with Crippen molar-refractivity contribution in [3.8, 4) is 11.8 Å². The Morgan fingerprint density at radius 1 is 1.47 bits per heavy atom. The summed E-state index contributed by atoms with van der Waals surface area (Å²) in [4.78, 5) is 11.3. The molecule has 90 valence electrons. The minimum absolute atomic E-state index is 0.317. The quantitative estimate of drug-likeness (QED) is 0.489. The highest BCUT2D eigenvalue weighted by Gasteiger charge is 2.06. The molecule has 0 spiro atoms. The Balaban J connectivity index is 2.82. The average molecular weight is 231 g/mol. The van der Waals surface area contributed by atoms with Crippen LogP contribution in [0.4, 0.5) is 0 Å². The molecule has 0 amide bonds. The lowest BCUT2D eigenvalue weighted by Gasteiger charge is -2.02. The molecule has 0 aliphatic carbocycles. The number of benzene rings is 1. The van der Waals surface area contributed by atoms with Gasteiger partial charge in [-0.15, -0.1) is 0 Å². The number of hydrogen-bond donors (Lipinski definition) is 1. The molecule has 3 heteroatoms. The summed E-state index contributed by atoms with van der Waals surface area (Å²) < 4.78 is 4.66. The van der Waals surface area contributed by atoms with Gasteiger partial charge in [0.05, 0.1) is 12.7 Å². The summed E-state index contributed by atoms with van der Waals surface area (Å²) in [5, 5.41) is 3.04. The molecule has 0 atom stereocenters. The first kappa shape index (κ1) is 13.3. The topological polar surface area (TPSA) is 38.3 Å². The molecule has 0 heterocycles. The van der Waals surface area contributed by atoms with Crippen LogP contribution in [0, 0.1) is 18.8 Å². The van der Waals surface area contributed by atoms with Crippen LogP contribution < -0.4 is 5.32 Å². The first-order valence-electron chi connectivity index (χ1n) is 5.51. The lowest BCUT2D eigenvalue weighted by Crippen LogP contribution is -2.06. The van der Waals surface area contributed by atoms with E-state index in [0.717, 1.165) is 24.1 Å². The molecule has 0 radical (unpaired) electrons. The summed E-state index contributed by atoms with van der Waals surface area (Å²) in [5.41, 5.74) is 2.50. The maximum atomic E-state index is 11.3. The Hall–Kier alpha value is -1.79. The number of rotatable bonds is 3. The number of esters is 1. The second-order valence-corrected chi connectivity index (χ2v) is 3.68. The third-order valence-electron chi connectivity index (χ3n) is 2.37. The van der Waals surface area contributed by atoms with Crippen LogP contribution in [-0.2, 0) is 4.74 Å². The highest BCUT2D eigenvalue weighted by molar-refractivity contribution is 5.89. The van der Waals surface area contributed by atoms with Crippen molar-refractivity contribution < 1.29 is 9.53 Å². The van der Waals surface area contributed by atoms with Crippen LogP contribution in [0.1, 0.15) is 27.9 Å². The molecule has 1 N–H and O–H groups in total. The molecular formula is C14H17NO2. The van der Waals surface area contributed by atoms with E-state index in [2.05, 4.69) is 21.9 Å². The Labute approximate surface area is 102 Å². The van der Waals surface area contributed by atoms with E-state index in [1.165, 1.54) is 7.11 Å². The van der Waals surface area contributed by atoms with Gasteiger partial charge in [0.1, 0.15) is 0 Å². The largest absolute Gasteiger partial charge is 0.465 e. The van der Waals surface area contributed by atoms with Gasteiger partial charge in [-0.1, -0.05) is 11.8 Å². The van der Waals surface area contributed by atoms with E-state index in [1.807, 2.05) is 20.0 Å². The summed E-state index contributed by atoms with van der Waals surface area (Å²) >= 11 is 0. The van der Waals surface area contributed by atoms with E-state index < -0.39 is 0 Å². The molecule has 0 aliphatic rings. The number of nitrogens with one attached hydrogen (secondary N) is 1. The van der Waals surface area contributed by atoms with Crippen LogP contribution in [0.5, 0.6) is 0 Å². The van der Waals surface area contributed by atoms with E-state index in [0.29, 0.717) is 5.56 Å². The molecule has 0 aliphatic heterocycles. The predicted octanol–water partition coefficient (Wildman–Crippen LogP) is 1.74. The second-order valence-electron chi connectivity index (χ2n) is 3.68. The van der Waals surface area contributed by atoms with Gasteiger partial charge in [-0.25, -0.2) is 4.79 Å². The van der Waals surface area contributed by atoms with Gasteiger partial charge < -0.3 is 10.1 Å². The minimum atomic E-state index is -0.317. The molecule has 0 saturated carbocycles. The molecular weight excluding hydrogens is 214 g/mol. The van der Waals surface area contributed by atoms with E-state index in [-0.39, 0.29) is 5.97 Å². The fourth-order valence-corrected chi connectivity index (χ4v) is 1.39. The van der Waals surface area contributed by atoms with E-state index in [9.17, 15) is 4.79 Å². The van der Waals surface area contributed by atoms with Crippen LogP contribution >= 0.6 is 0 Å². The molecule has 0 fully saturated rings. The van der Waals surface area contributed by atoms with Gasteiger partial charge in [-0.05, 0) is 37.7 Å². The third kappa shape index (κ3) is 3.93. The smallest absolute Gasteiger partial charge is 0.337 e. The number of hydrogen-bond acceptors (Lipinski definition) is 3. The summed E-state index contributed by atoms with van der Waals surface area (Å²) in [6.07, 6.45) is 0.814. The fourth-order valence-electron chi connectivity index (χ4n) is 1.39. The van der Waals surface area contributed by atoms with Crippen LogP contribution in [-0.4, -0.2) is 26.7 Å². The highest BCUT2D eigenvalue weighted by Crippen LogP contribution is 2.10. The van der Waals surface area contributed by atoms with Gasteiger partial charge in [0.2, 0.25) is 0 Å². The van der Waals surface area contributed by atoms with Crippen molar-refractivity contribution in [2.75, 3.05) is 20.7 Å². The molecule has 3 nitrogen and oxygen atoms in total. The Morgan fingerprint density at radius 2 is 2.24 bits per heavy atom. The third-order valence-corrected chi connectivity index (χ3v) is 2.37. The minimum Gasteiger partial charge on any atom is -0.465 e. The monoisotopic (exact) mass is 231 g/mol. The van der Waals surface area contributed by atoms with Gasteiger partial charge in [0, 0.05) is 18.5 Å². The van der Waals surface area contributed by atoms with Crippen molar-refractivity contribution in [1.82, 2.24) is 5.32 Å². The van der Waals surface area contributed by atoms with Gasteiger partial charge in [-0.2, -0.15) is 0 Å². The van der Waals surface area contributed by atoms with Crippen molar-refractivity contribution in [2.45, 2.75) is 13.3 Å². The Kier molecular flexibility index (Phi) is 5.25. The fraction of sp³-hybridized carbons (Fsp3) is 0.357. The normalized spacial score (nSPS) is 9.35. The molecule has 1 aromatic rings. The van der Waals surface area contributed by atoms with E-state index in [4.69, 9.17) is 0 Å². The zero-order chi connectivity index (χ0) is 12.7. The lowest BCUT2D eigenvalue weighted by atomic mass is 10.1. The molecule has 1 aromatic carbocycles. The Bertz CT molecular complexity index is 455. The Morgan fingerprint density at radius 3 is 2.82 bits per heavy atom. The van der Waals surface area contributed by atoms with Crippen molar-refractivity contribution in [1.29, 1.82) is 0 Å². The molecule has 0 aromatic heterocycles. The second kappa shape index (κ2) is 6.72. The highest BCUT2D eigenvalue weighted by atomic mass is 16.5. The maximum Gasteiger partial charge on any atom is 0.337 e. The number of ether oxygens (including phenoxy) is 1. The summed E-state index contributed by atoms with van der Waals surface area (Å²) in [7, 11) is 3.28. The van der Waals surface area contributed by atoms with Gasteiger partial charge in [-0.3, -0.25) is 0 Å². The zero-order valence-electron chi connectivity index (χ0n) is 10.5. The SMILES string of the molecule is CNCCC#Cc1ccc(C(=O)OC)cc1C. The van der Waals surface area contributed by atoms with Gasteiger partial charge in [0.25, 0.3) is 0 Å². The number of aryl methyl sites for hydroxylation is 1. The van der Waals surface area contributed by atoms with Crippen LogP contribution in [0.2, 0.25) is 0 Å². The van der Waals surface area contributed by atoms with E-state index >= 15 is 0 Å². The standard InChI is InChI=1S/C14H17NO2/c1-11-10-13(14(16)17-3)8-7-12(11)6-4-5-9-15-2/h7-8,10,15H,5,9H2,1-3H3.